The first kappa shape index (κ1) is 9.58. The van der Waals surface area contributed by atoms with Crippen molar-refractivity contribution in [2.45, 2.75) is 13.3 Å². The first-order chi connectivity index (χ1) is 7.08. The number of carbonyl (C=O) groups is 1. The Balaban J connectivity index is 2.59. The van der Waals surface area contributed by atoms with Gasteiger partial charge in [0.15, 0.2) is 11.5 Å². The van der Waals surface area contributed by atoms with Crippen molar-refractivity contribution in [2.24, 2.45) is 0 Å². The molecule has 2 N–H and O–H groups in total. The zero-order chi connectivity index (χ0) is 11.0. The number of hydrogen-bond donors (Lipinski definition) is 2. The van der Waals surface area contributed by atoms with E-state index in [-0.39, 0.29) is 17.9 Å². The molecule has 0 radical (unpaired) electrons. The lowest BCUT2D eigenvalue weighted by atomic mass is 10.1. The second-order valence-corrected chi connectivity index (χ2v) is 3.44. The highest BCUT2D eigenvalue weighted by Gasteiger charge is 2.15. The molecule has 78 valence electrons. The van der Waals surface area contributed by atoms with E-state index in [0.717, 1.165) is 5.56 Å². The van der Waals surface area contributed by atoms with Gasteiger partial charge in [0, 0.05) is 0 Å². The van der Waals surface area contributed by atoms with Gasteiger partial charge in [-0.2, -0.15) is 0 Å². The second kappa shape index (κ2) is 3.31. The zero-order valence-electron chi connectivity index (χ0n) is 8.15. The van der Waals surface area contributed by atoms with Crippen molar-refractivity contribution < 1.29 is 19.4 Å². The number of rotatable bonds is 2. The van der Waals surface area contributed by atoms with Crippen molar-refractivity contribution >= 4 is 16.9 Å². The van der Waals surface area contributed by atoms with Gasteiger partial charge in [-0.25, -0.2) is 0 Å². The van der Waals surface area contributed by atoms with E-state index < -0.39 is 5.97 Å². The third-order valence-electron chi connectivity index (χ3n) is 2.20. The Hall–Kier alpha value is -1.97. The van der Waals surface area contributed by atoms with Gasteiger partial charge in [-0.05, 0) is 19.1 Å². The summed E-state index contributed by atoms with van der Waals surface area (Å²) in [5, 5.41) is 18.9. The van der Waals surface area contributed by atoms with E-state index >= 15 is 0 Å². The van der Waals surface area contributed by atoms with Crippen LogP contribution in [0.1, 0.15) is 11.3 Å². The standard InChI is InChI=1S/C11H10O4/c1-6-2-3-8-7(4-6)11(14)9(15-8)5-10(12)13/h2-4,14H,5H2,1H3,(H,12,13). The van der Waals surface area contributed by atoms with E-state index in [0.29, 0.717) is 11.0 Å². The van der Waals surface area contributed by atoms with Crippen LogP contribution in [0.5, 0.6) is 5.75 Å². The Bertz CT molecular complexity index is 525. The van der Waals surface area contributed by atoms with Gasteiger partial charge >= 0.3 is 5.97 Å². The predicted octanol–water partition coefficient (Wildman–Crippen LogP) is 2.07. The predicted molar refractivity (Wildman–Crippen MR) is 54.0 cm³/mol. The molecule has 0 atom stereocenters. The Morgan fingerprint density at radius 2 is 2.20 bits per heavy atom. The Labute approximate surface area is 85.8 Å². The number of fused-ring (bicyclic) bond motifs is 1. The number of aryl methyl sites for hydroxylation is 1. The average molecular weight is 206 g/mol. The van der Waals surface area contributed by atoms with Crippen LogP contribution in [0.2, 0.25) is 0 Å². The summed E-state index contributed by atoms with van der Waals surface area (Å²) in [7, 11) is 0. The first-order valence-corrected chi connectivity index (χ1v) is 4.50. The fourth-order valence-electron chi connectivity index (χ4n) is 1.51. The molecule has 2 aromatic rings. The second-order valence-electron chi connectivity index (χ2n) is 3.44. The third-order valence-corrected chi connectivity index (χ3v) is 2.20. The number of furan rings is 1. The lowest BCUT2D eigenvalue weighted by Gasteiger charge is -1.91. The maximum Gasteiger partial charge on any atom is 0.311 e. The zero-order valence-corrected chi connectivity index (χ0v) is 8.15. The summed E-state index contributed by atoms with van der Waals surface area (Å²) in [6.07, 6.45) is -0.306. The molecule has 0 unspecified atom stereocenters. The van der Waals surface area contributed by atoms with Crippen molar-refractivity contribution in [3.05, 3.63) is 29.5 Å². The Kier molecular flexibility index (Phi) is 2.11. The van der Waals surface area contributed by atoms with E-state index in [1.165, 1.54) is 0 Å². The van der Waals surface area contributed by atoms with E-state index in [9.17, 15) is 9.90 Å². The number of hydrogen-bond acceptors (Lipinski definition) is 3. The third kappa shape index (κ3) is 1.66. The van der Waals surface area contributed by atoms with Crippen molar-refractivity contribution in [1.82, 2.24) is 0 Å². The molecule has 2 rings (SSSR count). The van der Waals surface area contributed by atoms with Gasteiger partial charge in [0.05, 0.1) is 5.39 Å². The fraction of sp³-hybridized carbons (Fsp3) is 0.182. The minimum Gasteiger partial charge on any atom is -0.504 e. The van der Waals surface area contributed by atoms with Gasteiger partial charge in [0.2, 0.25) is 0 Å². The average Bonchev–Trinajstić information content (AvgIpc) is 2.44. The van der Waals surface area contributed by atoms with Gasteiger partial charge in [-0.1, -0.05) is 11.6 Å². The summed E-state index contributed by atoms with van der Waals surface area (Å²) in [5.41, 5.74) is 1.50. The molecule has 0 fully saturated rings. The van der Waals surface area contributed by atoms with Gasteiger partial charge in [-0.3, -0.25) is 4.79 Å². The number of carboxylic acids is 1. The number of benzene rings is 1. The molecule has 1 aromatic heterocycles. The normalized spacial score (nSPS) is 10.7. The van der Waals surface area contributed by atoms with E-state index in [4.69, 9.17) is 9.52 Å². The van der Waals surface area contributed by atoms with Crippen LogP contribution in [-0.4, -0.2) is 16.2 Å². The van der Waals surface area contributed by atoms with Crippen LogP contribution in [0, 0.1) is 6.92 Å². The minimum absolute atomic E-state index is 0.0731. The quantitative estimate of drug-likeness (QED) is 0.789. The molecule has 0 aliphatic carbocycles. The molecule has 1 aromatic carbocycles. The molecule has 0 saturated carbocycles. The van der Waals surface area contributed by atoms with Crippen LogP contribution in [0.25, 0.3) is 11.0 Å². The molecular formula is C11H10O4. The summed E-state index contributed by atoms with van der Waals surface area (Å²) < 4.78 is 5.23. The van der Waals surface area contributed by atoms with Crippen molar-refractivity contribution in [2.75, 3.05) is 0 Å². The summed E-state index contributed by atoms with van der Waals surface area (Å²) >= 11 is 0. The monoisotopic (exact) mass is 206 g/mol. The highest BCUT2D eigenvalue weighted by molar-refractivity contribution is 5.87. The highest BCUT2D eigenvalue weighted by Crippen LogP contribution is 2.32. The minimum atomic E-state index is -1.03. The van der Waals surface area contributed by atoms with Crippen LogP contribution >= 0.6 is 0 Å². The van der Waals surface area contributed by atoms with Gasteiger partial charge in [0.25, 0.3) is 0 Å². The number of carboxylic acid groups (broad SMARTS) is 1. The van der Waals surface area contributed by atoms with Crippen LogP contribution in [0.15, 0.2) is 22.6 Å². The van der Waals surface area contributed by atoms with Gasteiger partial charge in [-0.15, -0.1) is 0 Å². The highest BCUT2D eigenvalue weighted by atomic mass is 16.4. The number of aliphatic carboxylic acids is 1. The van der Waals surface area contributed by atoms with Crippen LogP contribution in [0.4, 0.5) is 0 Å². The Morgan fingerprint density at radius 3 is 2.87 bits per heavy atom. The number of aromatic hydroxyl groups is 1. The maximum atomic E-state index is 10.5. The Morgan fingerprint density at radius 1 is 1.47 bits per heavy atom. The van der Waals surface area contributed by atoms with Crippen LogP contribution in [0.3, 0.4) is 0 Å². The van der Waals surface area contributed by atoms with E-state index in [2.05, 4.69) is 0 Å². The lowest BCUT2D eigenvalue weighted by Crippen LogP contribution is -1.98. The summed E-state index contributed by atoms with van der Waals surface area (Å²) in [6, 6.07) is 5.32. The molecule has 0 bridgehead atoms. The van der Waals surface area contributed by atoms with Gasteiger partial charge in [0.1, 0.15) is 12.0 Å². The van der Waals surface area contributed by atoms with Gasteiger partial charge < -0.3 is 14.6 Å². The SMILES string of the molecule is Cc1ccc2oc(CC(=O)O)c(O)c2c1. The molecule has 0 saturated heterocycles. The van der Waals surface area contributed by atoms with Crippen LogP contribution < -0.4 is 0 Å². The summed E-state index contributed by atoms with van der Waals surface area (Å²) in [6.45, 7) is 1.89. The molecule has 1 heterocycles. The molecule has 15 heavy (non-hydrogen) atoms. The first-order valence-electron chi connectivity index (χ1n) is 4.50. The largest absolute Gasteiger partial charge is 0.504 e. The smallest absolute Gasteiger partial charge is 0.311 e. The maximum absolute atomic E-state index is 10.5. The molecule has 0 amide bonds. The fourth-order valence-corrected chi connectivity index (χ4v) is 1.51. The molecule has 0 aliphatic rings. The molecule has 0 aliphatic heterocycles. The molecule has 4 heteroatoms. The summed E-state index contributed by atoms with van der Waals surface area (Å²) in [4.78, 5) is 10.5. The molecule has 0 spiro atoms. The van der Waals surface area contributed by atoms with Crippen molar-refractivity contribution in [1.29, 1.82) is 0 Å². The summed E-state index contributed by atoms with van der Waals surface area (Å²) in [5.74, 6) is -1.000. The topological polar surface area (TPSA) is 70.7 Å². The van der Waals surface area contributed by atoms with Crippen LogP contribution in [-0.2, 0) is 11.2 Å². The van der Waals surface area contributed by atoms with Crippen molar-refractivity contribution in [3.8, 4) is 5.75 Å². The molecular weight excluding hydrogens is 196 g/mol. The lowest BCUT2D eigenvalue weighted by molar-refractivity contribution is -0.136. The van der Waals surface area contributed by atoms with E-state index in [1.54, 1.807) is 12.1 Å². The molecule has 4 nitrogen and oxygen atoms in total. The van der Waals surface area contributed by atoms with E-state index in [1.807, 2.05) is 13.0 Å². The van der Waals surface area contributed by atoms with Crippen molar-refractivity contribution in [3.63, 3.8) is 0 Å².